The molecule has 0 saturated carbocycles. The lowest BCUT2D eigenvalue weighted by Crippen LogP contribution is -2.39. The van der Waals surface area contributed by atoms with Crippen molar-refractivity contribution in [1.29, 1.82) is 0 Å². The van der Waals surface area contributed by atoms with Gasteiger partial charge in [-0.3, -0.25) is 9.89 Å². The average Bonchev–Trinajstić information content (AvgIpc) is 2.62. The van der Waals surface area contributed by atoms with Crippen molar-refractivity contribution in [3.63, 3.8) is 0 Å². The van der Waals surface area contributed by atoms with Crippen LogP contribution < -0.4 is 10.6 Å². The topological polar surface area (TPSA) is 48.9 Å². The van der Waals surface area contributed by atoms with Gasteiger partial charge >= 0.3 is 0 Å². The van der Waals surface area contributed by atoms with Crippen LogP contribution in [0.4, 0.5) is 4.39 Å². The molecular weight excluding hydrogens is 307 g/mol. The SMILES string of the molecule is CN=C(NCCCCN1CCOCC1)NCCc1ccccc1F. The Morgan fingerprint density at radius 3 is 2.67 bits per heavy atom. The van der Waals surface area contributed by atoms with Crippen LogP contribution in [0.1, 0.15) is 18.4 Å². The first-order valence-corrected chi connectivity index (χ1v) is 8.77. The third kappa shape index (κ3) is 6.84. The molecule has 0 spiro atoms. The average molecular weight is 336 g/mol. The Labute approximate surface area is 144 Å². The van der Waals surface area contributed by atoms with E-state index in [2.05, 4.69) is 20.5 Å². The lowest BCUT2D eigenvalue weighted by molar-refractivity contribution is 0.0372. The van der Waals surface area contributed by atoms with E-state index < -0.39 is 0 Å². The number of rotatable bonds is 8. The monoisotopic (exact) mass is 336 g/mol. The molecule has 6 heteroatoms. The number of nitrogens with one attached hydrogen (secondary N) is 2. The molecule has 1 aromatic carbocycles. The van der Waals surface area contributed by atoms with Crippen LogP contribution in [-0.4, -0.2) is 63.8 Å². The minimum Gasteiger partial charge on any atom is -0.379 e. The number of hydrogen-bond acceptors (Lipinski definition) is 3. The smallest absolute Gasteiger partial charge is 0.190 e. The van der Waals surface area contributed by atoms with E-state index in [9.17, 15) is 4.39 Å². The summed E-state index contributed by atoms with van der Waals surface area (Å²) in [6.07, 6.45) is 2.91. The molecule has 0 unspecified atom stereocenters. The lowest BCUT2D eigenvalue weighted by Gasteiger charge is -2.26. The molecule has 0 bridgehead atoms. The normalized spacial score (nSPS) is 16.2. The first-order chi connectivity index (χ1) is 11.8. The van der Waals surface area contributed by atoms with Gasteiger partial charge in [-0.2, -0.15) is 0 Å². The third-order valence-corrected chi connectivity index (χ3v) is 4.17. The molecule has 0 aromatic heterocycles. The fourth-order valence-corrected chi connectivity index (χ4v) is 2.73. The van der Waals surface area contributed by atoms with Gasteiger partial charge in [0.2, 0.25) is 0 Å². The van der Waals surface area contributed by atoms with Gasteiger partial charge in [0.15, 0.2) is 5.96 Å². The van der Waals surface area contributed by atoms with Crippen LogP contribution in [0.15, 0.2) is 29.3 Å². The van der Waals surface area contributed by atoms with Gasteiger partial charge < -0.3 is 15.4 Å². The molecule has 134 valence electrons. The maximum absolute atomic E-state index is 13.6. The van der Waals surface area contributed by atoms with E-state index in [-0.39, 0.29) is 5.82 Å². The molecule has 1 heterocycles. The first-order valence-electron chi connectivity index (χ1n) is 8.77. The van der Waals surface area contributed by atoms with E-state index in [1.807, 2.05) is 12.1 Å². The second-order valence-electron chi connectivity index (χ2n) is 5.93. The number of halogens is 1. The summed E-state index contributed by atoms with van der Waals surface area (Å²) in [7, 11) is 1.76. The molecular formula is C18H29FN4O. The summed E-state index contributed by atoms with van der Waals surface area (Å²) >= 11 is 0. The Balaban J connectivity index is 1.54. The fraction of sp³-hybridized carbons (Fsp3) is 0.611. The van der Waals surface area contributed by atoms with Crippen molar-refractivity contribution in [2.24, 2.45) is 4.99 Å². The van der Waals surface area contributed by atoms with E-state index in [0.717, 1.165) is 57.3 Å². The third-order valence-electron chi connectivity index (χ3n) is 4.17. The second-order valence-corrected chi connectivity index (χ2v) is 5.93. The van der Waals surface area contributed by atoms with Crippen molar-refractivity contribution in [3.8, 4) is 0 Å². The highest BCUT2D eigenvalue weighted by atomic mass is 19.1. The Morgan fingerprint density at radius 1 is 1.17 bits per heavy atom. The van der Waals surface area contributed by atoms with Crippen LogP contribution in [0, 0.1) is 5.82 Å². The van der Waals surface area contributed by atoms with Gasteiger partial charge in [-0.25, -0.2) is 4.39 Å². The summed E-state index contributed by atoms with van der Waals surface area (Å²) in [6, 6.07) is 6.89. The van der Waals surface area contributed by atoms with Gasteiger partial charge in [-0.15, -0.1) is 0 Å². The second kappa shape index (κ2) is 11.0. The molecule has 0 aliphatic carbocycles. The predicted octanol–water partition coefficient (Wildman–Crippen LogP) is 1.65. The van der Waals surface area contributed by atoms with E-state index in [1.165, 1.54) is 12.5 Å². The van der Waals surface area contributed by atoms with Crippen LogP contribution >= 0.6 is 0 Å². The number of ether oxygens (including phenoxy) is 1. The van der Waals surface area contributed by atoms with Crippen LogP contribution in [0.5, 0.6) is 0 Å². The van der Waals surface area contributed by atoms with Gasteiger partial charge in [-0.05, 0) is 37.4 Å². The molecule has 1 fully saturated rings. The van der Waals surface area contributed by atoms with Crippen LogP contribution in [-0.2, 0) is 11.2 Å². The number of unbranched alkanes of at least 4 members (excludes halogenated alkanes) is 1. The first kappa shape index (κ1) is 18.7. The molecule has 1 aliphatic rings. The molecule has 2 rings (SSSR count). The van der Waals surface area contributed by atoms with Crippen molar-refractivity contribution in [1.82, 2.24) is 15.5 Å². The highest BCUT2D eigenvalue weighted by Crippen LogP contribution is 2.06. The standard InChI is InChI=1S/C18H29FN4O/c1-20-18(22-10-8-16-6-2-3-7-17(16)19)21-9-4-5-11-23-12-14-24-15-13-23/h2-3,6-7H,4-5,8-15H2,1H3,(H2,20,21,22). The van der Waals surface area contributed by atoms with Crippen molar-refractivity contribution < 1.29 is 9.13 Å². The largest absolute Gasteiger partial charge is 0.379 e. The highest BCUT2D eigenvalue weighted by Gasteiger charge is 2.09. The summed E-state index contributed by atoms with van der Waals surface area (Å²) in [4.78, 5) is 6.65. The molecule has 0 amide bonds. The molecule has 24 heavy (non-hydrogen) atoms. The van der Waals surface area contributed by atoms with E-state index in [0.29, 0.717) is 13.0 Å². The fourth-order valence-electron chi connectivity index (χ4n) is 2.73. The lowest BCUT2D eigenvalue weighted by atomic mass is 10.1. The van der Waals surface area contributed by atoms with Crippen LogP contribution in [0.3, 0.4) is 0 Å². The van der Waals surface area contributed by atoms with Crippen molar-refractivity contribution in [3.05, 3.63) is 35.6 Å². The summed E-state index contributed by atoms with van der Waals surface area (Å²) in [5.41, 5.74) is 0.728. The number of aliphatic imine (C=N–C) groups is 1. The molecule has 1 aromatic rings. The van der Waals surface area contributed by atoms with Gasteiger partial charge in [0.1, 0.15) is 5.82 Å². The quantitative estimate of drug-likeness (QED) is 0.430. The summed E-state index contributed by atoms with van der Waals surface area (Å²) in [5, 5.41) is 6.54. The Morgan fingerprint density at radius 2 is 1.92 bits per heavy atom. The maximum atomic E-state index is 13.6. The van der Waals surface area contributed by atoms with Crippen molar-refractivity contribution in [2.75, 3.05) is 53.0 Å². The number of morpholine rings is 1. The molecule has 5 nitrogen and oxygen atoms in total. The van der Waals surface area contributed by atoms with Crippen molar-refractivity contribution >= 4 is 5.96 Å². The molecule has 0 atom stereocenters. The van der Waals surface area contributed by atoms with Gasteiger partial charge in [-0.1, -0.05) is 18.2 Å². The van der Waals surface area contributed by atoms with E-state index in [1.54, 1.807) is 13.1 Å². The van der Waals surface area contributed by atoms with Crippen molar-refractivity contribution in [2.45, 2.75) is 19.3 Å². The zero-order valence-electron chi connectivity index (χ0n) is 14.6. The van der Waals surface area contributed by atoms with Gasteiger partial charge in [0.25, 0.3) is 0 Å². The number of guanidine groups is 1. The zero-order chi connectivity index (χ0) is 17.0. The summed E-state index contributed by atoms with van der Waals surface area (Å²) < 4.78 is 18.9. The highest BCUT2D eigenvalue weighted by molar-refractivity contribution is 5.79. The maximum Gasteiger partial charge on any atom is 0.190 e. The van der Waals surface area contributed by atoms with Crippen LogP contribution in [0.25, 0.3) is 0 Å². The number of benzene rings is 1. The molecule has 1 aliphatic heterocycles. The Hall–Kier alpha value is -1.66. The minimum absolute atomic E-state index is 0.148. The van der Waals surface area contributed by atoms with Crippen LogP contribution in [0.2, 0.25) is 0 Å². The molecule has 1 saturated heterocycles. The molecule has 2 N–H and O–H groups in total. The Kier molecular flexibility index (Phi) is 8.55. The molecule has 0 radical (unpaired) electrons. The van der Waals surface area contributed by atoms with Gasteiger partial charge in [0, 0.05) is 33.2 Å². The summed E-state index contributed by atoms with van der Waals surface area (Å²) in [5.74, 6) is 0.628. The zero-order valence-corrected chi connectivity index (χ0v) is 14.6. The Bertz CT molecular complexity index is 504. The number of hydrogen-bond donors (Lipinski definition) is 2. The van der Waals surface area contributed by atoms with E-state index >= 15 is 0 Å². The number of nitrogens with zero attached hydrogens (tertiary/aromatic N) is 2. The minimum atomic E-state index is -0.148. The van der Waals surface area contributed by atoms with Gasteiger partial charge in [0.05, 0.1) is 13.2 Å². The van der Waals surface area contributed by atoms with E-state index in [4.69, 9.17) is 4.74 Å². The predicted molar refractivity (Wildman–Crippen MR) is 96.0 cm³/mol. The summed E-state index contributed by atoms with van der Waals surface area (Å²) in [6.45, 7) is 6.50.